The molecule has 16 rings (SSSR count). The molecule has 1 N–H and O–H groups in total. The van der Waals surface area contributed by atoms with Crippen molar-refractivity contribution in [2.45, 2.75) is 62.3 Å². The zero-order valence-corrected chi connectivity index (χ0v) is 45.5. The predicted octanol–water partition coefficient (Wildman–Crippen LogP) is 11.6. The fourth-order valence-corrected chi connectivity index (χ4v) is 15.1. The summed E-state index contributed by atoms with van der Waals surface area (Å²) in [6.45, 7) is 19.8. The number of aryl methyl sites for hydroxylation is 9. The van der Waals surface area contributed by atoms with Gasteiger partial charge in [-0.05, 0) is 217 Å². The molecule has 0 saturated carbocycles. The summed E-state index contributed by atoms with van der Waals surface area (Å²) in [6, 6.07) is 61.9. The van der Waals surface area contributed by atoms with E-state index in [-0.39, 0.29) is 20.1 Å². The van der Waals surface area contributed by atoms with Crippen molar-refractivity contribution < 1.29 is 9.47 Å². The minimum absolute atomic E-state index is 0.0296. The largest absolute Gasteiger partial charge is 0.458 e. The minimum atomic E-state index is -0.170. The van der Waals surface area contributed by atoms with Crippen molar-refractivity contribution >= 4 is 132 Å². The lowest BCUT2D eigenvalue weighted by Gasteiger charge is -2.45. The molecule has 10 aromatic carbocycles. The van der Waals surface area contributed by atoms with Gasteiger partial charge in [0.05, 0.1) is 11.4 Å². The molecule has 0 aromatic heterocycles. The van der Waals surface area contributed by atoms with Crippen LogP contribution in [0.2, 0.25) is 0 Å². The fourth-order valence-electron chi connectivity index (χ4n) is 15.1. The van der Waals surface area contributed by atoms with Crippen LogP contribution < -0.4 is 78.7 Å². The topological polar surface area (TPSA) is 40.2 Å². The summed E-state index contributed by atoms with van der Waals surface area (Å²) >= 11 is 0. The van der Waals surface area contributed by atoms with Crippen LogP contribution in [-0.4, -0.2) is 20.1 Å². The Labute approximate surface area is 458 Å². The van der Waals surface area contributed by atoms with E-state index in [0.717, 1.165) is 68.2 Å². The van der Waals surface area contributed by atoms with Crippen LogP contribution in [0.25, 0.3) is 0 Å². The molecule has 0 atom stereocenters. The van der Waals surface area contributed by atoms with Crippen LogP contribution in [0.1, 0.15) is 50.1 Å². The molecule has 78 heavy (non-hydrogen) atoms. The van der Waals surface area contributed by atoms with E-state index in [2.05, 4.69) is 246 Å². The van der Waals surface area contributed by atoms with Crippen LogP contribution >= 0.6 is 0 Å². The highest BCUT2D eigenvalue weighted by molar-refractivity contribution is 7.04. The average Bonchev–Trinajstić information content (AvgIpc) is 3.46. The second-order valence-electron chi connectivity index (χ2n) is 23.1. The van der Waals surface area contributed by atoms with Crippen molar-refractivity contribution in [1.82, 2.24) is 0 Å². The summed E-state index contributed by atoms with van der Waals surface area (Å²) in [6.07, 6.45) is 0. The zero-order valence-electron chi connectivity index (χ0n) is 45.5. The van der Waals surface area contributed by atoms with Gasteiger partial charge in [-0.3, -0.25) is 0 Å². The third kappa shape index (κ3) is 6.24. The van der Waals surface area contributed by atoms with E-state index in [1.54, 1.807) is 0 Å². The van der Waals surface area contributed by atoms with E-state index < -0.39 is 0 Å². The van der Waals surface area contributed by atoms with Gasteiger partial charge < -0.3 is 29.5 Å². The molecule has 0 bridgehead atoms. The number of fused-ring (bicyclic) bond motifs is 12. The summed E-state index contributed by atoms with van der Waals surface area (Å²) in [4.78, 5) is 7.57. The van der Waals surface area contributed by atoms with E-state index in [9.17, 15) is 0 Å². The van der Waals surface area contributed by atoms with E-state index >= 15 is 0 Å². The second kappa shape index (κ2) is 16.1. The second-order valence-corrected chi connectivity index (χ2v) is 23.1. The molecule has 0 radical (unpaired) electrons. The number of hydrogen-bond donors (Lipinski definition) is 1. The molecule has 6 nitrogen and oxygen atoms in total. The lowest BCUT2D eigenvalue weighted by Crippen LogP contribution is -2.65. The first-order valence-corrected chi connectivity index (χ1v) is 27.6. The molecular weight excluding hydrogens is 949 g/mol. The molecule has 0 fully saturated rings. The van der Waals surface area contributed by atoms with Gasteiger partial charge in [0.25, 0.3) is 20.1 Å². The molecular formula is C69H55B3N4O2. The van der Waals surface area contributed by atoms with Gasteiger partial charge in [0.15, 0.2) is 0 Å². The Bertz CT molecular complexity index is 4310. The molecule has 0 aliphatic carbocycles. The number of hydrogen-bond acceptors (Lipinski definition) is 6. The Morgan fingerprint density at radius 3 is 1.41 bits per heavy atom. The first kappa shape index (κ1) is 45.4. The van der Waals surface area contributed by atoms with Gasteiger partial charge in [0.2, 0.25) is 0 Å². The molecule has 6 heterocycles. The van der Waals surface area contributed by atoms with E-state index in [4.69, 9.17) is 9.47 Å². The van der Waals surface area contributed by atoms with Crippen LogP contribution in [0.15, 0.2) is 164 Å². The average molecular weight is 1000 g/mol. The first-order valence-electron chi connectivity index (χ1n) is 27.6. The van der Waals surface area contributed by atoms with Crippen molar-refractivity contribution in [3.8, 4) is 23.0 Å². The fraction of sp³-hybridized carbons (Fsp3) is 0.130. The van der Waals surface area contributed by atoms with Crippen LogP contribution in [0.4, 0.5) is 62.6 Å². The Morgan fingerprint density at radius 2 is 0.782 bits per heavy atom. The van der Waals surface area contributed by atoms with Crippen molar-refractivity contribution in [3.63, 3.8) is 0 Å². The van der Waals surface area contributed by atoms with Crippen LogP contribution in [0.5, 0.6) is 23.0 Å². The van der Waals surface area contributed by atoms with Gasteiger partial charge >= 0.3 is 0 Å². The molecule has 0 spiro atoms. The first-order chi connectivity index (χ1) is 37.9. The summed E-state index contributed by atoms with van der Waals surface area (Å²) in [5.41, 5.74) is 34.9. The molecule has 6 aliphatic heterocycles. The van der Waals surface area contributed by atoms with E-state index in [1.165, 1.54) is 117 Å². The molecule has 0 amide bonds. The molecule has 372 valence electrons. The summed E-state index contributed by atoms with van der Waals surface area (Å²) in [5, 5.41) is 4.12. The maximum atomic E-state index is 7.54. The Hall–Kier alpha value is -8.81. The van der Waals surface area contributed by atoms with Gasteiger partial charge in [-0.25, -0.2) is 0 Å². The van der Waals surface area contributed by atoms with Crippen molar-refractivity contribution in [2.24, 2.45) is 0 Å². The highest BCUT2D eigenvalue weighted by atomic mass is 16.5. The molecule has 0 unspecified atom stereocenters. The SMILES string of the molecule is Cc1cc(C)c(N2c3cc4c(cc3B3c5cc6c(cc5Oc5cc(C)cc2c53)N(c2c(C)cc(C)cc2C)c2cc(C)cc3c2B6c2ccccc2O3)B2c3ccccc3N(c3ccccc3)c3cc(C)cc(c32)N4)c(C)c1. The summed E-state index contributed by atoms with van der Waals surface area (Å²) in [7, 11) is 0. The zero-order chi connectivity index (χ0) is 52.7. The third-order valence-electron chi connectivity index (χ3n) is 17.7. The van der Waals surface area contributed by atoms with Crippen molar-refractivity contribution in [1.29, 1.82) is 0 Å². The Morgan fingerprint density at radius 1 is 0.308 bits per heavy atom. The van der Waals surface area contributed by atoms with Crippen LogP contribution in [0.3, 0.4) is 0 Å². The highest BCUT2D eigenvalue weighted by Crippen LogP contribution is 2.49. The quantitative estimate of drug-likeness (QED) is 0.178. The molecule has 6 aliphatic rings. The van der Waals surface area contributed by atoms with Crippen molar-refractivity contribution in [2.75, 3.05) is 20.0 Å². The summed E-state index contributed by atoms with van der Waals surface area (Å²) < 4.78 is 14.5. The number of nitrogens with one attached hydrogen (secondary N) is 1. The number of benzene rings is 10. The minimum Gasteiger partial charge on any atom is -0.458 e. The van der Waals surface area contributed by atoms with Gasteiger partial charge in [0, 0.05) is 57.3 Å². The number of anilines is 11. The standard InChI is InChI=1S/C69H55B3N4O2/c1-37-23-42(6)68(43(7)24-37)75-56-35-53-49(70-47-19-13-15-21-55(47)74(46-17-11-10-12-18-46)58-28-39(3)27-54(73-53)65(58)70)33-50(56)72-52-34-51-57(36-62(52)78-64-32-41(5)30-60(75)67(64)72)76(69-44(8)25-38(2)26-45(69)9)59-29-40(4)31-63-66(59)71(51)48-20-14-16-22-61(48)77-63/h10-36,73H,1-9H3. The number of para-hydroxylation sites is 3. The normalized spacial score (nSPS) is 14.1. The highest BCUT2D eigenvalue weighted by Gasteiger charge is 2.49. The predicted molar refractivity (Wildman–Crippen MR) is 330 cm³/mol. The lowest BCUT2D eigenvalue weighted by molar-refractivity contribution is 0.486. The van der Waals surface area contributed by atoms with Gasteiger partial charge in [-0.2, -0.15) is 0 Å². The smallest absolute Gasteiger partial charge is 0.256 e. The van der Waals surface area contributed by atoms with Crippen LogP contribution in [-0.2, 0) is 0 Å². The molecule has 9 heteroatoms. The monoisotopic (exact) mass is 1000 g/mol. The van der Waals surface area contributed by atoms with Gasteiger partial charge in [0.1, 0.15) is 23.0 Å². The Balaban J connectivity index is 0.997. The number of rotatable bonds is 3. The number of ether oxygens (including phenoxy) is 2. The van der Waals surface area contributed by atoms with Crippen molar-refractivity contribution in [3.05, 3.63) is 214 Å². The van der Waals surface area contributed by atoms with E-state index in [1.807, 2.05) is 0 Å². The summed E-state index contributed by atoms with van der Waals surface area (Å²) in [5.74, 6) is 3.61. The van der Waals surface area contributed by atoms with Gasteiger partial charge in [-0.15, -0.1) is 0 Å². The van der Waals surface area contributed by atoms with E-state index in [0.29, 0.717) is 0 Å². The van der Waals surface area contributed by atoms with Crippen LogP contribution in [0, 0.1) is 62.3 Å². The molecule has 10 aromatic rings. The maximum Gasteiger partial charge on any atom is 0.256 e. The Kier molecular flexibility index (Phi) is 9.38. The van der Waals surface area contributed by atoms with Gasteiger partial charge in [-0.1, -0.05) is 102 Å². The number of nitrogens with zero attached hydrogens (tertiary/aromatic N) is 3. The third-order valence-corrected chi connectivity index (χ3v) is 17.7. The maximum absolute atomic E-state index is 7.54. The molecule has 0 saturated heterocycles. The lowest BCUT2D eigenvalue weighted by atomic mass is 9.29.